The summed E-state index contributed by atoms with van der Waals surface area (Å²) in [7, 11) is 0. The summed E-state index contributed by atoms with van der Waals surface area (Å²) in [5.41, 5.74) is 1.71. The number of hydrogen-bond donors (Lipinski definition) is 1. The van der Waals surface area contributed by atoms with Gasteiger partial charge in [-0.05, 0) is 68.5 Å². The van der Waals surface area contributed by atoms with Crippen molar-refractivity contribution >= 4 is 34.5 Å². The van der Waals surface area contributed by atoms with Crippen LogP contribution in [0.2, 0.25) is 0 Å². The van der Waals surface area contributed by atoms with E-state index in [1.165, 1.54) is 6.07 Å². The topological polar surface area (TPSA) is 64.6 Å². The Labute approximate surface area is 165 Å². The molecule has 0 unspecified atom stereocenters. The second kappa shape index (κ2) is 8.66. The fourth-order valence-corrected chi connectivity index (χ4v) is 3.51. The Morgan fingerprint density at radius 3 is 2.04 bits per heavy atom. The predicted octanol–water partition coefficient (Wildman–Crippen LogP) is 3.79. The summed E-state index contributed by atoms with van der Waals surface area (Å²) in [6.07, 6.45) is 0. The van der Waals surface area contributed by atoms with Gasteiger partial charge < -0.3 is 14.8 Å². The van der Waals surface area contributed by atoms with E-state index in [9.17, 15) is 14.0 Å². The van der Waals surface area contributed by atoms with Crippen molar-refractivity contribution in [3.05, 3.63) is 55.7 Å². The quantitative estimate of drug-likeness (QED) is 0.521. The number of hydrogen-bond acceptors (Lipinski definition) is 5. The van der Waals surface area contributed by atoms with Crippen LogP contribution in [0, 0.1) is 9.39 Å². The van der Waals surface area contributed by atoms with Gasteiger partial charge in [-0.2, -0.15) is 0 Å². The van der Waals surface area contributed by atoms with E-state index in [1.54, 1.807) is 39.8 Å². The van der Waals surface area contributed by atoms with Gasteiger partial charge >= 0.3 is 11.9 Å². The van der Waals surface area contributed by atoms with Gasteiger partial charge in [0.05, 0.1) is 30.3 Å². The molecule has 7 heteroatoms. The third kappa shape index (κ3) is 4.08. The summed E-state index contributed by atoms with van der Waals surface area (Å²) in [4.78, 5) is 25.2. The first-order chi connectivity index (χ1) is 12.3. The van der Waals surface area contributed by atoms with E-state index < -0.39 is 23.7 Å². The molecule has 0 spiro atoms. The molecule has 0 saturated heterocycles. The maximum Gasteiger partial charge on any atom is 0.336 e. The first-order valence-electron chi connectivity index (χ1n) is 8.29. The number of carbonyl (C=O) groups excluding carboxylic acids is 2. The van der Waals surface area contributed by atoms with E-state index in [1.807, 2.05) is 0 Å². The highest BCUT2D eigenvalue weighted by atomic mass is 127. The van der Waals surface area contributed by atoms with Gasteiger partial charge in [0.1, 0.15) is 5.82 Å². The Bertz CT molecular complexity index is 761. The van der Waals surface area contributed by atoms with Gasteiger partial charge in [0.25, 0.3) is 0 Å². The predicted molar refractivity (Wildman–Crippen MR) is 104 cm³/mol. The number of allylic oxidation sites excluding steroid dienone is 2. The molecular formula is C19H21FINO4. The van der Waals surface area contributed by atoms with Crippen LogP contribution in [-0.2, 0) is 19.1 Å². The van der Waals surface area contributed by atoms with E-state index in [2.05, 4.69) is 27.9 Å². The molecule has 26 heavy (non-hydrogen) atoms. The summed E-state index contributed by atoms with van der Waals surface area (Å²) < 4.78 is 25.8. The molecule has 0 radical (unpaired) electrons. The zero-order valence-electron chi connectivity index (χ0n) is 15.1. The van der Waals surface area contributed by atoms with Gasteiger partial charge in [-0.25, -0.2) is 14.0 Å². The molecule has 0 aliphatic carbocycles. The highest BCUT2D eigenvalue weighted by molar-refractivity contribution is 14.1. The van der Waals surface area contributed by atoms with Crippen molar-refractivity contribution in [2.45, 2.75) is 33.6 Å². The van der Waals surface area contributed by atoms with Gasteiger partial charge in [-0.15, -0.1) is 0 Å². The van der Waals surface area contributed by atoms with Crippen LogP contribution in [0.3, 0.4) is 0 Å². The Morgan fingerprint density at radius 1 is 1.08 bits per heavy atom. The van der Waals surface area contributed by atoms with Crippen molar-refractivity contribution in [2.75, 3.05) is 13.2 Å². The minimum Gasteiger partial charge on any atom is -0.463 e. The Balaban J connectivity index is 2.71. The smallest absolute Gasteiger partial charge is 0.336 e. The van der Waals surface area contributed by atoms with Crippen LogP contribution in [0.15, 0.2) is 40.7 Å². The number of esters is 2. The number of dihydropyridines is 1. The third-order valence-electron chi connectivity index (χ3n) is 4.02. The number of ether oxygens (including phenoxy) is 2. The SMILES string of the molecule is CCOC(=O)C1=C(C)NC(C)=C(C(=O)OCC)C1c1cc(I)ccc1F. The average Bonchev–Trinajstić information content (AvgIpc) is 2.56. The summed E-state index contributed by atoms with van der Waals surface area (Å²) in [6.45, 7) is 7.15. The number of halogens is 2. The minimum atomic E-state index is -0.899. The van der Waals surface area contributed by atoms with Crippen LogP contribution in [0.5, 0.6) is 0 Å². The molecule has 1 aromatic rings. The number of benzene rings is 1. The molecule has 0 atom stereocenters. The Hall–Kier alpha value is -1.90. The van der Waals surface area contributed by atoms with Crippen LogP contribution < -0.4 is 5.32 Å². The minimum absolute atomic E-state index is 0.175. The maximum absolute atomic E-state index is 14.7. The molecule has 1 aliphatic heterocycles. The molecular weight excluding hydrogens is 452 g/mol. The van der Waals surface area contributed by atoms with Gasteiger partial charge in [0.15, 0.2) is 0 Å². The van der Waals surface area contributed by atoms with Crippen LogP contribution >= 0.6 is 22.6 Å². The van der Waals surface area contributed by atoms with E-state index in [-0.39, 0.29) is 29.9 Å². The van der Waals surface area contributed by atoms with Crippen molar-refractivity contribution in [3.8, 4) is 0 Å². The van der Waals surface area contributed by atoms with Crippen LogP contribution in [-0.4, -0.2) is 25.2 Å². The summed E-state index contributed by atoms with van der Waals surface area (Å²) in [6, 6.07) is 4.59. The molecule has 1 N–H and O–H groups in total. The molecule has 0 fully saturated rings. The second-order valence-electron chi connectivity index (χ2n) is 5.74. The largest absolute Gasteiger partial charge is 0.463 e. The van der Waals surface area contributed by atoms with Crippen LogP contribution in [0.4, 0.5) is 4.39 Å². The molecule has 2 rings (SSSR count). The summed E-state index contributed by atoms with van der Waals surface area (Å²) >= 11 is 2.06. The van der Waals surface area contributed by atoms with Crippen molar-refractivity contribution in [1.82, 2.24) is 5.32 Å². The standard InChI is InChI=1S/C19H21FINO4/c1-5-25-18(23)15-10(3)22-11(4)16(19(24)26-6-2)17(15)13-9-12(21)7-8-14(13)20/h7-9,17,22H,5-6H2,1-4H3. The zero-order chi connectivity index (χ0) is 19.4. The average molecular weight is 473 g/mol. The van der Waals surface area contributed by atoms with E-state index >= 15 is 0 Å². The monoisotopic (exact) mass is 473 g/mol. The van der Waals surface area contributed by atoms with Gasteiger partial charge in [-0.1, -0.05) is 0 Å². The molecule has 0 saturated carbocycles. The van der Waals surface area contributed by atoms with E-state index in [0.717, 1.165) is 3.57 Å². The zero-order valence-corrected chi connectivity index (χ0v) is 17.3. The van der Waals surface area contributed by atoms with Crippen molar-refractivity contribution in [1.29, 1.82) is 0 Å². The van der Waals surface area contributed by atoms with Gasteiger partial charge in [0.2, 0.25) is 0 Å². The van der Waals surface area contributed by atoms with Gasteiger partial charge in [0, 0.05) is 20.5 Å². The molecule has 140 valence electrons. The lowest BCUT2D eigenvalue weighted by Crippen LogP contribution is -2.33. The van der Waals surface area contributed by atoms with Crippen LogP contribution in [0.1, 0.15) is 39.2 Å². The fourth-order valence-electron chi connectivity index (χ4n) is 3.00. The van der Waals surface area contributed by atoms with E-state index in [0.29, 0.717) is 11.4 Å². The number of nitrogens with one attached hydrogen (secondary N) is 1. The lowest BCUT2D eigenvalue weighted by atomic mass is 9.80. The maximum atomic E-state index is 14.7. The number of rotatable bonds is 5. The molecule has 1 heterocycles. The fraction of sp³-hybridized carbons (Fsp3) is 0.368. The first kappa shape index (κ1) is 20.4. The lowest BCUT2D eigenvalue weighted by molar-refractivity contribution is -0.139. The molecule has 0 bridgehead atoms. The van der Waals surface area contributed by atoms with Crippen molar-refractivity contribution < 1.29 is 23.5 Å². The second-order valence-corrected chi connectivity index (χ2v) is 6.99. The third-order valence-corrected chi connectivity index (χ3v) is 4.69. The molecule has 0 aromatic heterocycles. The number of carbonyl (C=O) groups is 2. The Morgan fingerprint density at radius 2 is 1.58 bits per heavy atom. The Kier molecular flexibility index (Phi) is 6.80. The molecule has 5 nitrogen and oxygen atoms in total. The molecule has 0 amide bonds. The summed E-state index contributed by atoms with van der Waals surface area (Å²) in [5, 5.41) is 3.03. The highest BCUT2D eigenvalue weighted by Crippen LogP contribution is 2.40. The first-order valence-corrected chi connectivity index (χ1v) is 9.37. The normalized spacial score (nSPS) is 15.0. The van der Waals surface area contributed by atoms with Crippen molar-refractivity contribution in [2.24, 2.45) is 0 Å². The van der Waals surface area contributed by atoms with Crippen molar-refractivity contribution in [3.63, 3.8) is 0 Å². The summed E-state index contributed by atoms with van der Waals surface area (Å²) in [5.74, 6) is -2.57. The molecule has 1 aromatic carbocycles. The molecule has 1 aliphatic rings. The van der Waals surface area contributed by atoms with Gasteiger partial charge in [-0.3, -0.25) is 0 Å². The highest BCUT2D eigenvalue weighted by Gasteiger charge is 2.39. The lowest BCUT2D eigenvalue weighted by Gasteiger charge is -2.30. The van der Waals surface area contributed by atoms with Crippen LogP contribution in [0.25, 0.3) is 0 Å². The van der Waals surface area contributed by atoms with E-state index in [4.69, 9.17) is 9.47 Å².